The first-order chi connectivity index (χ1) is 7.66. The predicted octanol–water partition coefficient (Wildman–Crippen LogP) is 3.92. The molecule has 0 fully saturated rings. The number of benzene rings is 1. The lowest BCUT2D eigenvalue weighted by molar-refractivity contribution is 0.331. The fourth-order valence-corrected chi connectivity index (χ4v) is 2.18. The van der Waals surface area contributed by atoms with Gasteiger partial charge in [-0.25, -0.2) is 0 Å². The first-order valence-electron chi connectivity index (χ1n) is 6.05. The molecule has 1 rings (SSSR count). The third-order valence-corrected chi connectivity index (χ3v) is 3.72. The molecule has 90 valence electrons. The van der Waals surface area contributed by atoms with Gasteiger partial charge in [0.05, 0.1) is 5.54 Å². The normalized spacial score (nSPS) is 15.1. The Hall–Kier alpha value is -0.530. The van der Waals surface area contributed by atoms with Gasteiger partial charge in [0.2, 0.25) is 0 Å². The van der Waals surface area contributed by atoms with Gasteiger partial charge in [-0.15, -0.1) is 11.6 Å². The molecule has 0 heterocycles. The van der Waals surface area contributed by atoms with E-state index in [9.17, 15) is 0 Å². The zero-order valence-electron chi connectivity index (χ0n) is 10.5. The molecule has 2 heteroatoms. The highest BCUT2D eigenvalue weighted by atomic mass is 35.5. The first-order valence-corrected chi connectivity index (χ1v) is 6.59. The number of alkyl halides is 1. The van der Waals surface area contributed by atoms with Gasteiger partial charge in [0.25, 0.3) is 0 Å². The van der Waals surface area contributed by atoms with E-state index in [0.717, 1.165) is 12.8 Å². The second-order valence-corrected chi connectivity index (χ2v) is 4.76. The van der Waals surface area contributed by atoms with Crippen LogP contribution >= 0.6 is 11.6 Å². The van der Waals surface area contributed by atoms with E-state index in [2.05, 4.69) is 50.4 Å². The summed E-state index contributed by atoms with van der Waals surface area (Å²) in [5, 5.41) is 3.66. The minimum Gasteiger partial charge on any atom is -0.304 e. The molecule has 1 atom stereocenters. The molecular formula is C14H22ClN. The Kier molecular flexibility index (Phi) is 5.30. The van der Waals surface area contributed by atoms with Crippen LogP contribution in [-0.2, 0) is 5.54 Å². The van der Waals surface area contributed by atoms with Crippen LogP contribution < -0.4 is 5.32 Å². The Bertz CT molecular complexity index is 295. The van der Waals surface area contributed by atoms with Crippen LogP contribution in [-0.4, -0.2) is 11.9 Å². The lowest BCUT2D eigenvalue weighted by atomic mass is 9.92. The Balaban J connectivity index is 2.85. The highest BCUT2D eigenvalue weighted by molar-refractivity contribution is 6.18. The molecule has 1 N–H and O–H groups in total. The van der Waals surface area contributed by atoms with Gasteiger partial charge < -0.3 is 5.32 Å². The molecule has 0 aliphatic heterocycles. The summed E-state index contributed by atoms with van der Waals surface area (Å²) in [6.45, 7) is 6.59. The van der Waals surface area contributed by atoms with Crippen molar-refractivity contribution in [3.63, 3.8) is 0 Å². The zero-order chi connectivity index (χ0) is 12.0. The maximum Gasteiger partial charge on any atom is 0.0545 e. The van der Waals surface area contributed by atoms with Crippen LogP contribution in [0.3, 0.4) is 0 Å². The van der Waals surface area contributed by atoms with E-state index in [1.807, 2.05) is 6.07 Å². The number of nitrogens with one attached hydrogen (secondary N) is 1. The first kappa shape index (κ1) is 13.5. The van der Waals surface area contributed by atoms with E-state index in [1.54, 1.807) is 0 Å². The van der Waals surface area contributed by atoms with Gasteiger partial charge in [-0.1, -0.05) is 44.2 Å². The van der Waals surface area contributed by atoms with E-state index >= 15 is 0 Å². The monoisotopic (exact) mass is 239 g/mol. The molecule has 0 saturated heterocycles. The molecule has 0 bridgehead atoms. The van der Waals surface area contributed by atoms with Crippen LogP contribution in [0.5, 0.6) is 0 Å². The van der Waals surface area contributed by atoms with Gasteiger partial charge in [0.15, 0.2) is 0 Å². The molecule has 0 amide bonds. The molecule has 0 radical (unpaired) electrons. The maximum atomic E-state index is 6.14. The topological polar surface area (TPSA) is 12.0 Å². The Labute approximate surface area is 104 Å². The van der Waals surface area contributed by atoms with Crippen LogP contribution in [0.15, 0.2) is 30.3 Å². The molecule has 0 aliphatic rings. The molecule has 1 aromatic carbocycles. The average Bonchev–Trinajstić information content (AvgIpc) is 2.36. The van der Waals surface area contributed by atoms with Crippen LogP contribution in [0, 0.1) is 0 Å². The molecule has 16 heavy (non-hydrogen) atoms. The van der Waals surface area contributed by atoms with Crippen molar-refractivity contribution in [3.8, 4) is 0 Å². The van der Waals surface area contributed by atoms with Crippen LogP contribution in [0.1, 0.15) is 39.2 Å². The van der Waals surface area contributed by atoms with E-state index in [-0.39, 0.29) is 5.54 Å². The van der Waals surface area contributed by atoms with Crippen molar-refractivity contribution in [2.24, 2.45) is 0 Å². The molecular weight excluding hydrogens is 218 g/mol. The lowest BCUT2D eigenvalue weighted by Crippen LogP contribution is -2.46. The van der Waals surface area contributed by atoms with Crippen LogP contribution in [0.4, 0.5) is 0 Å². The SMILES string of the molecule is CCC(CC)NC(C)(CCl)c1ccccc1. The highest BCUT2D eigenvalue weighted by Gasteiger charge is 2.27. The van der Waals surface area contributed by atoms with Gasteiger partial charge in [-0.3, -0.25) is 0 Å². The van der Waals surface area contributed by atoms with Crippen molar-refractivity contribution in [3.05, 3.63) is 35.9 Å². The molecule has 1 aromatic rings. The summed E-state index contributed by atoms with van der Waals surface area (Å²) >= 11 is 6.14. The molecule has 0 spiro atoms. The van der Waals surface area contributed by atoms with E-state index in [0.29, 0.717) is 11.9 Å². The summed E-state index contributed by atoms with van der Waals surface area (Å²) < 4.78 is 0. The molecule has 0 aromatic heterocycles. The summed E-state index contributed by atoms with van der Waals surface area (Å²) in [6.07, 6.45) is 2.27. The second kappa shape index (κ2) is 6.27. The molecule has 1 nitrogen and oxygen atoms in total. The third-order valence-electron chi connectivity index (χ3n) is 3.19. The molecule has 1 unspecified atom stereocenters. The van der Waals surface area contributed by atoms with Crippen molar-refractivity contribution in [1.82, 2.24) is 5.32 Å². The maximum absolute atomic E-state index is 6.14. The summed E-state index contributed by atoms with van der Waals surface area (Å²) in [6, 6.07) is 11.0. The van der Waals surface area contributed by atoms with E-state index in [1.165, 1.54) is 5.56 Å². The van der Waals surface area contributed by atoms with Crippen molar-refractivity contribution in [2.75, 3.05) is 5.88 Å². The standard InChI is InChI=1S/C14H22ClN/c1-4-13(5-2)16-14(3,11-15)12-9-7-6-8-10-12/h6-10,13,16H,4-5,11H2,1-3H3. The van der Waals surface area contributed by atoms with Crippen LogP contribution in [0.2, 0.25) is 0 Å². The fraction of sp³-hybridized carbons (Fsp3) is 0.571. The lowest BCUT2D eigenvalue weighted by Gasteiger charge is -2.33. The quantitative estimate of drug-likeness (QED) is 0.742. The van der Waals surface area contributed by atoms with Gasteiger partial charge in [0, 0.05) is 11.9 Å². The highest BCUT2D eigenvalue weighted by Crippen LogP contribution is 2.23. The summed E-state index contributed by atoms with van der Waals surface area (Å²) in [4.78, 5) is 0. The van der Waals surface area contributed by atoms with Crippen molar-refractivity contribution in [2.45, 2.75) is 45.2 Å². The van der Waals surface area contributed by atoms with Gasteiger partial charge in [-0.2, -0.15) is 0 Å². The Morgan fingerprint density at radius 1 is 1.19 bits per heavy atom. The van der Waals surface area contributed by atoms with Crippen molar-refractivity contribution < 1.29 is 0 Å². The Morgan fingerprint density at radius 2 is 1.75 bits per heavy atom. The Morgan fingerprint density at radius 3 is 2.19 bits per heavy atom. The van der Waals surface area contributed by atoms with Crippen LogP contribution in [0.25, 0.3) is 0 Å². The number of hydrogen-bond donors (Lipinski definition) is 1. The van der Waals surface area contributed by atoms with E-state index in [4.69, 9.17) is 11.6 Å². The van der Waals surface area contributed by atoms with E-state index < -0.39 is 0 Å². The summed E-state index contributed by atoms with van der Waals surface area (Å²) in [7, 11) is 0. The second-order valence-electron chi connectivity index (χ2n) is 4.49. The minimum absolute atomic E-state index is 0.125. The summed E-state index contributed by atoms with van der Waals surface area (Å²) in [5.41, 5.74) is 1.14. The molecule has 0 saturated carbocycles. The fourth-order valence-electron chi connectivity index (χ4n) is 1.95. The smallest absolute Gasteiger partial charge is 0.0545 e. The van der Waals surface area contributed by atoms with Gasteiger partial charge >= 0.3 is 0 Å². The van der Waals surface area contributed by atoms with Crippen molar-refractivity contribution >= 4 is 11.6 Å². The third kappa shape index (κ3) is 3.23. The number of hydrogen-bond acceptors (Lipinski definition) is 1. The van der Waals surface area contributed by atoms with Gasteiger partial charge in [-0.05, 0) is 25.3 Å². The average molecular weight is 240 g/mol. The minimum atomic E-state index is -0.125. The summed E-state index contributed by atoms with van der Waals surface area (Å²) in [5.74, 6) is 0.591. The van der Waals surface area contributed by atoms with Crippen molar-refractivity contribution in [1.29, 1.82) is 0 Å². The zero-order valence-corrected chi connectivity index (χ0v) is 11.2. The van der Waals surface area contributed by atoms with Gasteiger partial charge in [0.1, 0.15) is 0 Å². The largest absolute Gasteiger partial charge is 0.304 e. The molecule has 0 aliphatic carbocycles. The number of halogens is 1. The predicted molar refractivity (Wildman–Crippen MR) is 72.0 cm³/mol. The number of rotatable bonds is 6.